The molecule has 6 aromatic rings. The summed E-state index contributed by atoms with van der Waals surface area (Å²) in [4.78, 5) is 23.5. The second-order valence-electron chi connectivity index (χ2n) is 12.7. The summed E-state index contributed by atoms with van der Waals surface area (Å²) in [6.45, 7) is 2.24. The molecule has 2 aliphatic carbocycles. The van der Waals surface area contributed by atoms with Gasteiger partial charge in [0.05, 0.1) is 29.5 Å². The first-order chi connectivity index (χ1) is 22.4. The molecule has 2 heterocycles. The first-order valence-corrected chi connectivity index (χ1v) is 16.6. The van der Waals surface area contributed by atoms with Crippen LogP contribution in [-0.4, -0.2) is 23.0 Å². The molecule has 2 aliphatic rings. The predicted molar refractivity (Wildman–Crippen MR) is 187 cm³/mol. The minimum absolute atomic E-state index is 0.238. The summed E-state index contributed by atoms with van der Waals surface area (Å²) < 4.78 is 5.24. The van der Waals surface area contributed by atoms with E-state index < -0.39 is 10.8 Å². The Hall–Kier alpha value is -4.25. The largest absolute Gasteiger partial charge is 0.469 e. The highest BCUT2D eigenvalue weighted by Gasteiger charge is 2.53. The Morgan fingerprint density at radius 2 is 1.17 bits per heavy atom. The maximum absolute atomic E-state index is 13.0. The molecule has 46 heavy (non-hydrogen) atoms. The number of para-hydroxylation sites is 2. The lowest BCUT2D eigenvalue weighted by atomic mass is 9.60. The molecule has 6 heteroatoms. The highest BCUT2D eigenvalue weighted by molar-refractivity contribution is 6.31. The summed E-state index contributed by atoms with van der Waals surface area (Å²) in [6, 6.07) is 33.5. The number of hydrogen-bond acceptors (Lipinski definition) is 4. The zero-order chi connectivity index (χ0) is 31.6. The quantitative estimate of drug-likeness (QED) is 0.163. The van der Waals surface area contributed by atoms with Crippen molar-refractivity contribution in [3.05, 3.63) is 129 Å². The number of hydrogen-bond donors (Lipinski definition) is 0. The zero-order valence-corrected chi connectivity index (χ0v) is 27.3. The van der Waals surface area contributed by atoms with E-state index in [9.17, 15) is 4.79 Å². The molecule has 8 rings (SSSR count). The smallest absolute Gasteiger partial charge is 0.305 e. The number of nitrogens with zero attached hydrogens (tertiary/aromatic N) is 2. The number of halogens is 2. The highest BCUT2D eigenvalue weighted by atomic mass is 35.5. The van der Waals surface area contributed by atoms with Gasteiger partial charge in [-0.25, -0.2) is 9.97 Å². The fourth-order valence-electron chi connectivity index (χ4n) is 8.36. The summed E-state index contributed by atoms with van der Waals surface area (Å²) in [5.41, 5.74) is 9.57. The van der Waals surface area contributed by atoms with Crippen LogP contribution in [0, 0.1) is 0 Å². The van der Waals surface area contributed by atoms with E-state index in [1.165, 1.54) is 18.2 Å². The fraction of sp³-hybridized carbons (Fsp3) is 0.225. The third-order valence-electron chi connectivity index (χ3n) is 10.2. The van der Waals surface area contributed by atoms with Crippen molar-refractivity contribution < 1.29 is 9.53 Å². The number of aromatic nitrogens is 2. The lowest BCUT2D eigenvalue weighted by molar-refractivity contribution is -0.141. The molecule has 4 nitrogen and oxygen atoms in total. The summed E-state index contributed by atoms with van der Waals surface area (Å²) >= 11 is 13.6. The Morgan fingerprint density at radius 3 is 1.67 bits per heavy atom. The van der Waals surface area contributed by atoms with Crippen molar-refractivity contribution in [2.45, 2.75) is 49.9 Å². The zero-order valence-electron chi connectivity index (χ0n) is 25.7. The van der Waals surface area contributed by atoms with Gasteiger partial charge in [0.15, 0.2) is 0 Å². The van der Waals surface area contributed by atoms with Crippen LogP contribution in [0.25, 0.3) is 44.3 Å². The van der Waals surface area contributed by atoms with Gasteiger partial charge in [-0.2, -0.15) is 0 Å². The maximum atomic E-state index is 13.0. The van der Waals surface area contributed by atoms with Gasteiger partial charge >= 0.3 is 5.97 Å². The molecule has 2 atom stereocenters. The second-order valence-corrected chi connectivity index (χ2v) is 13.6. The lowest BCUT2D eigenvalue weighted by Crippen LogP contribution is -2.38. The molecule has 0 saturated carbocycles. The SMILES string of the molecule is CCCC1(CC2(CCC(=O)OC)c3cc(Cl)ccc3-c3nc4ccccc4cc32)c2cc(Cl)ccc2-c2nc3ccccc3cc21. The standard InChI is InChI=1S/C40H32Cl2N2O2/c1-3-17-39(30-21-26(41)12-14-28(30)37-32(39)19-24-8-4-6-10-34(24)43-37)23-40(18-16-36(45)46-2)31-22-27(42)13-15-29(31)38-33(40)20-25-9-5-7-11-35(25)44-38/h4-15,19-22H,3,16-18,23H2,1-2H3. The Morgan fingerprint density at radius 1 is 0.674 bits per heavy atom. The molecule has 0 saturated heterocycles. The molecule has 0 radical (unpaired) electrons. The van der Waals surface area contributed by atoms with Crippen molar-refractivity contribution in [1.29, 1.82) is 0 Å². The van der Waals surface area contributed by atoms with Gasteiger partial charge in [-0.05, 0) is 90.0 Å². The van der Waals surface area contributed by atoms with Gasteiger partial charge in [-0.15, -0.1) is 0 Å². The van der Waals surface area contributed by atoms with Gasteiger partial charge in [0.1, 0.15) is 0 Å². The number of benzene rings is 4. The maximum Gasteiger partial charge on any atom is 0.305 e. The van der Waals surface area contributed by atoms with Crippen molar-refractivity contribution in [3.63, 3.8) is 0 Å². The van der Waals surface area contributed by atoms with E-state index in [2.05, 4.69) is 73.7 Å². The lowest BCUT2D eigenvalue weighted by Gasteiger charge is -2.42. The van der Waals surface area contributed by atoms with E-state index in [1.807, 2.05) is 30.3 Å². The van der Waals surface area contributed by atoms with E-state index in [0.29, 0.717) is 22.9 Å². The Kier molecular flexibility index (Phi) is 6.93. The molecule has 0 amide bonds. The third-order valence-corrected chi connectivity index (χ3v) is 10.7. The number of carbonyl (C=O) groups is 1. The Bertz CT molecular complexity index is 2210. The van der Waals surface area contributed by atoms with Gasteiger partial charge in [-0.3, -0.25) is 4.79 Å². The number of esters is 1. The highest BCUT2D eigenvalue weighted by Crippen LogP contribution is 2.62. The third kappa shape index (κ3) is 4.30. The molecule has 2 unspecified atom stereocenters. The molecular formula is C40H32Cl2N2O2. The topological polar surface area (TPSA) is 52.1 Å². The first kappa shape index (κ1) is 29.2. The summed E-state index contributed by atoms with van der Waals surface area (Å²) in [6.07, 6.45) is 3.29. The molecule has 0 fully saturated rings. The minimum Gasteiger partial charge on any atom is -0.469 e. The van der Waals surface area contributed by atoms with Crippen molar-refractivity contribution in [2.75, 3.05) is 7.11 Å². The number of ether oxygens (including phenoxy) is 1. The van der Waals surface area contributed by atoms with E-state index in [0.717, 1.165) is 68.3 Å². The van der Waals surface area contributed by atoms with Gasteiger partial charge < -0.3 is 4.74 Å². The van der Waals surface area contributed by atoms with Crippen LogP contribution in [0.3, 0.4) is 0 Å². The van der Waals surface area contributed by atoms with Crippen LogP contribution in [0.2, 0.25) is 10.0 Å². The van der Waals surface area contributed by atoms with Crippen LogP contribution in [0.5, 0.6) is 0 Å². The van der Waals surface area contributed by atoms with Gasteiger partial charge in [0, 0.05) is 49.2 Å². The number of carbonyl (C=O) groups excluding carboxylic acids is 1. The molecule has 0 N–H and O–H groups in total. The average molecular weight is 644 g/mol. The van der Waals surface area contributed by atoms with Crippen LogP contribution < -0.4 is 0 Å². The van der Waals surface area contributed by atoms with Crippen LogP contribution >= 0.6 is 23.2 Å². The molecule has 4 aromatic carbocycles. The predicted octanol–water partition coefficient (Wildman–Crippen LogP) is 10.5. The van der Waals surface area contributed by atoms with Crippen molar-refractivity contribution in [3.8, 4) is 22.5 Å². The van der Waals surface area contributed by atoms with Crippen LogP contribution in [-0.2, 0) is 20.4 Å². The monoisotopic (exact) mass is 642 g/mol. The van der Waals surface area contributed by atoms with Crippen LogP contribution in [0.15, 0.2) is 97.1 Å². The van der Waals surface area contributed by atoms with E-state index in [1.54, 1.807) is 0 Å². The first-order valence-electron chi connectivity index (χ1n) is 15.8. The van der Waals surface area contributed by atoms with Gasteiger partial charge in [0.2, 0.25) is 0 Å². The summed E-state index contributed by atoms with van der Waals surface area (Å²) in [5.74, 6) is -0.238. The molecule has 0 aliphatic heterocycles. The Balaban J connectivity index is 1.46. The van der Waals surface area contributed by atoms with Gasteiger partial charge in [0.25, 0.3) is 0 Å². The molecular weight excluding hydrogens is 611 g/mol. The normalized spacial score (nSPS) is 19.1. The summed E-state index contributed by atoms with van der Waals surface area (Å²) in [5, 5.41) is 3.52. The summed E-state index contributed by atoms with van der Waals surface area (Å²) in [7, 11) is 1.46. The number of rotatable bonds is 7. The molecule has 228 valence electrons. The van der Waals surface area contributed by atoms with Crippen LogP contribution in [0.4, 0.5) is 0 Å². The van der Waals surface area contributed by atoms with E-state index in [-0.39, 0.29) is 12.4 Å². The average Bonchev–Trinajstić information content (AvgIpc) is 3.46. The van der Waals surface area contributed by atoms with E-state index >= 15 is 0 Å². The number of fused-ring (bicyclic) bond motifs is 8. The van der Waals surface area contributed by atoms with E-state index in [4.69, 9.17) is 37.9 Å². The van der Waals surface area contributed by atoms with Crippen molar-refractivity contribution in [1.82, 2.24) is 9.97 Å². The van der Waals surface area contributed by atoms with Crippen molar-refractivity contribution >= 4 is 51.0 Å². The molecule has 0 spiro atoms. The van der Waals surface area contributed by atoms with Crippen LogP contribution in [0.1, 0.15) is 61.3 Å². The van der Waals surface area contributed by atoms with Gasteiger partial charge in [-0.1, -0.05) is 85.1 Å². The van der Waals surface area contributed by atoms with Crippen molar-refractivity contribution in [2.24, 2.45) is 0 Å². The number of pyridine rings is 2. The Labute approximate surface area is 278 Å². The number of methoxy groups -OCH3 is 1. The molecule has 2 aromatic heterocycles. The molecule has 0 bridgehead atoms. The fourth-order valence-corrected chi connectivity index (χ4v) is 8.70. The second kappa shape index (κ2) is 10.9. The minimum atomic E-state index is -0.608.